The number of aromatic nitrogens is 2. The molecule has 0 bridgehead atoms. The monoisotopic (exact) mass is 299 g/mol. The summed E-state index contributed by atoms with van der Waals surface area (Å²) in [5.74, 6) is 0.637. The molecular formula is C12H17N3O2S2. The topological polar surface area (TPSA) is 74.8 Å². The van der Waals surface area contributed by atoms with E-state index in [0.717, 1.165) is 11.3 Å². The Bertz CT molecular complexity index is 617. The van der Waals surface area contributed by atoms with Crippen molar-refractivity contribution in [2.24, 2.45) is 0 Å². The average Bonchev–Trinajstić information content (AvgIpc) is 3.06. The van der Waals surface area contributed by atoms with Gasteiger partial charge in [0, 0.05) is 17.3 Å². The van der Waals surface area contributed by atoms with Crippen LogP contribution in [0.4, 0.5) is 0 Å². The number of nitrogens with one attached hydrogen (secondary N) is 2. The molecule has 0 fully saturated rings. The van der Waals surface area contributed by atoms with Crippen molar-refractivity contribution in [1.82, 2.24) is 14.7 Å². The Morgan fingerprint density at radius 2 is 2.21 bits per heavy atom. The van der Waals surface area contributed by atoms with Crippen molar-refractivity contribution in [1.29, 1.82) is 0 Å². The van der Waals surface area contributed by atoms with E-state index in [0.29, 0.717) is 16.5 Å². The largest absolute Gasteiger partial charge is 0.347 e. The number of imidazole rings is 1. The van der Waals surface area contributed by atoms with Gasteiger partial charge in [-0.3, -0.25) is 0 Å². The van der Waals surface area contributed by atoms with E-state index in [2.05, 4.69) is 14.7 Å². The molecule has 2 aromatic heterocycles. The molecule has 1 unspecified atom stereocenters. The molecule has 0 saturated carbocycles. The van der Waals surface area contributed by atoms with E-state index in [1.165, 1.54) is 11.3 Å². The van der Waals surface area contributed by atoms with Crippen LogP contribution in [0.25, 0.3) is 0 Å². The maximum absolute atomic E-state index is 12.3. The van der Waals surface area contributed by atoms with Crippen LogP contribution in [0.2, 0.25) is 0 Å². The minimum Gasteiger partial charge on any atom is -0.347 e. The van der Waals surface area contributed by atoms with E-state index in [9.17, 15) is 8.42 Å². The first-order valence-corrected chi connectivity index (χ1v) is 8.47. The fourth-order valence-corrected chi connectivity index (χ4v) is 4.33. The van der Waals surface area contributed by atoms with Crippen LogP contribution in [-0.4, -0.2) is 18.4 Å². The lowest BCUT2D eigenvalue weighted by Gasteiger charge is -2.13. The number of thiophene rings is 1. The number of aryl methyl sites for hydroxylation is 1. The summed E-state index contributed by atoms with van der Waals surface area (Å²) in [7, 11) is -3.48. The maximum Gasteiger partial charge on any atom is 0.250 e. The number of hydrogen-bond donors (Lipinski definition) is 2. The summed E-state index contributed by atoms with van der Waals surface area (Å²) >= 11 is 1.31. The van der Waals surface area contributed by atoms with Gasteiger partial charge in [-0.1, -0.05) is 13.8 Å². The lowest BCUT2D eigenvalue weighted by atomic mass is 10.2. The molecule has 0 aliphatic carbocycles. The molecule has 7 heteroatoms. The zero-order chi connectivity index (χ0) is 13.9. The molecule has 19 heavy (non-hydrogen) atoms. The molecule has 0 aliphatic rings. The summed E-state index contributed by atoms with van der Waals surface area (Å²) in [6.45, 7) is 3.93. The number of sulfonamides is 1. The average molecular weight is 299 g/mol. The van der Waals surface area contributed by atoms with Gasteiger partial charge in [-0.05, 0) is 25.0 Å². The zero-order valence-electron chi connectivity index (χ0n) is 10.9. The number of H-pyrrole nitrogens is 1. The third-order valence-corrected chi connectivity index (χ3v) is 6.00. The van der Waals surface area contributed by atoms with Crippen LogP contribution in [0.1, 0.15) is 37.0 Å². The van der Waals surface area contributed by atoms with Gasteiger partial charge in [0.25, 0.3) is 10.0 Å². The van der Waals surface area contributed by atoms with Gasteiger partial charge in [0.15, 0.2) is 0 Å². The van der Waals surface area contributed by atoms with Crippen molar-refractivity contribution >= 4 is 21.4 Å². The van der Waals surface area contributed by atoms with E-state index in [-0.39, 0.29) is 6.04 Å². The summed E-state index contributed by atoms with van der Waals surface area (Å²) in [5.41, 5.74) is 0. The molecule has 0 spiro atoms. The Hall–Kier alpha value is -1.18. The molecule has 2 heterocycles. The summed E-state index contributed by atoms with van der Waals surface area (Å²) in [6.07, 6.45) is 4.79. The molecule has 0 aromatic carbocycles. The fourth-order valence-electron chi connectivity index (χ4n) is 1.74. The number of rotatable bonds is 6. The van der Waals surface area contributed by atoms with Gasteiger partial charge in [-0.15, -0.1) is 11.3 Å². The molecule has 5 nitrogen and oxygen atoms in total. The molecule has 0 radical (unpaired) electrons. The standard InChI is InChI=1S/C12H17N3O2S2/c1-3-9-5-6-11(18-9)19(16,17)15-10(4-2)12-13-7-8-14-12/h5-8,10,15H,3-4H2,1-2H3,(H,13,14). The highest BCUT2D eigenvalue weighted by atomic mass is 32.2. The third-order valence-electron chi connectivity index (χ3n) is 2.81. The Morgan fingerprint density at radius 1 is 1.42 bits per heavy atom. The van der Waals surface area contributed by atoms with Crippen molar-refractivity contribution in [3.8, 4) is 0 Å². The summed E-state index contributed by atoms with van der Waals surface area (Å²) in [5, 5.41) is 0. The van der Waals surface area contributed by atoms with Crippen LogP contribution in [0.3, 0.4) is 0 Å². The number of nitrogens with zero attached hydrogens (tertiary/aromatic N) is 1. The molecule has 2 aromatic rings. The van der Waals surface area contributed by atoms with Crippen LogP contribution >= 0.6 is 11.3 Å². The SMILES string of the molecule is CCc1ccc(S(=O)(=O)NC(CC)c2ncc[nH]2)s1. The van der Waals surface area contributed by atoms with Crippen LogP contribution in [0.15, 0.2) is 28.7 Å². The fraction of sp³-hybridized carbons (Fsp3) is 0.417. The quantitative estimate of drug-likeness (QED) is 0.860. The smallest absolute Gasteiger partial charge is 0.250 e. The van der Waals surface area contributed by atoms with Crippen LogP contribution < -0.4 is 4.72 Å². The van der Waals surface area contributed by atoms with Crippen molar-refractivity contribution in [3.05, 3.63) is 35.2 Å². The van der Waals surface area contributed by atoms with Crippen LogP contribution in [0.5, 0.6) is 0 Å². The molecule has 1 atom stereocenters. The number of aromatic amines is 1. The first-order valence-electron chi connectivity index (χ1n) is 6.17. The van der Waals surface area contributed by atoms with E-state index >= 15 is 0 Å². The van der Waals surface area contributed by atoms with Gasteiger partial charge in [-0.2, -0.15) is 4.72 Å². The Morgan fingerprint density at radius 3 is 2.74 bits per heavy atom. The van der Waals surface area contributed by atoms with E-state index in [1.807, 2.05) is 19.9 Å². The first-order chi connectivity index (χ1) is 9.06. The van der Waals surface area contributed by atoms with Gasteiger partial charge in [0.05, 0.1) is 6.04 Å². The van der Waals surface area contributed by atoms with E-state index < -0.39 is 10.0 Å². The highest BCUT2D eigenvalue weighted by Crippen LogP contribution is 2.24. The van der Waals surface area contributed by atoms with Crippen LogP contribution in [0, 0.1) is 0 Å². The highest BCUT2D eigenvalue weighted by molar-refractivity contribution is 7.91. The first kappa shape index (κ1) is 14.2. The van der Waals surface area contributed by atoms with Gasteiger partial charge in [0.1, 0.15) is 10.0 Å². The normalized spacial score (nSPS) is 13.6. The van der Waals surface area contributed by atoms with Crippen molar-refractivity contribution in [3.63, 3.8) is 0 Å². The van der Waals surface area contributed by atoms with Gasteiger partial charge < -0.3 is 4.98 Å². The summed E-state index contributed by atoms with van der Waals surface area (Å²) in [6, 6.07) is 3.18. The zero-order valence-corrected chi connectivity index (χ0v) is 12.5. The highest BCUT2D eigenvalue weighted by Gasteiger charge is 2.23. The van der Waals surface area contributed by atoms with Crippen molar-refractivity contribution < 1.29 is 8.42 Å². The molecular weight excluding hydrogens is 282 g/mol. The minimum absolute atomic E-state index is 0.327. The molecule has 104 valence electrons. The van der Waals surface area contributed by atoms with E-state index in [1.54, 1.807) is 18.5 Å². The van der Waals surface area contributed by atoms with Crippen molar-refractivity contribution in [2.75, 3.05) is 0 Å². The van der Waals surface area contributed by atoms with Crippen LogP contribution in [-0.2, 0) is 16.4 Å². The number of hydrogen-bond acceptors (Lipinski definition) is 4. The summed E-state index contributed by atoms with van der Waals surface area (Å²) < 4.78 is 27.6. The maximum atomic E-state index is 12.3. The second-order valence-corrected chi connectivity index (χ2v) is 7.24. The third kappa shape index (κ3) is 3.23. The van der Waals surface area contributed by atoms with Gasteiger partial charge >= 0.3 is 0 Å². The summed E-state index contributed by atoms with van der Waals surface area (Å²) in [4.78, 5) is 8.11. The molecule has 2 N–H and O–H groups in total. The Kier molecular flexibility index (Phi) is 4.38. The minimum atomic E-state index is -3.48. The predicted octanol–water partition coefficient (Wildman–Crippen LogP) is 2.46. The molecule has 0 amide bonds. The Labute approximate surface area is 117 Å². The van der Waals surface area contributed by atoms with Crippen molar-refractivity contribution in [2.45, 2.75) is 36.9 Å². The second-order valence-electron chi connectivity index (χ2n) is 4.13. The molecule has 2 rings (SSSR count). The lowest BCUT2D eigenvalue weighted by Crippen LogP contribution is -2.28. The molecule has 0 aliphatic heterocycles. The molecule has 0 saturated heterocycles. The van der Waals surface area contributed by atoms with Gasteiger partial charge in [0.2, 0.25) is 0 Å². The Balaban J connectivity index is 2.20. The van der Waals surface area contributed by atoms with E-state index in [4.69, 9.17) is 0 Å². The van der Waals surface area contributed by atoms with Gasteiger partial charge in [-0.25, -0.2) is 13.4 Å². The lowest BCUT2D eigenvalue weighted by molar-refractivity contribution is 0.541. The predicted molar refractivity (Wildman–Crippen MR) is 75.6 cm³/mol. The second kappa shape index (κ2) is 5.85.